The van der Waals surface area contributed by atoms with Crippen LogP contribution in [0.2, 0.25) is 0 Å². The molecule has 0 saturated carbocycles. The Kier molecular flexibility index (Phi) is 9.93. The summed E-state index contributed by atoms with van der Waals surface area (Å²) >= 11 is 0. The van der Waals surface area contributed by atoms with Crippen LogP contribution in [0.3, 0.4) is 0 Å². The average Bonchev–Trinajstić information content (AvgIpc) is 3.03. The van der Waals surface area contributed by atoms with Crippen LogP contribution in [0.15, 0.2) is 96.6 Å². The maximum Gasteiger partial charge on any atom is 0.274 e. The normalized spacial score (nSPS) is 15.3. The summed E-state index contributed by atoms with van der Waals surface area (Å²) in [4.78, 5) is 31.2. The highest BCUT2D eigenvalue weighted by atomic mass is 19.1. The van der Waals surface area contributed by atoms with Gasteiger partial charge in [-0.15, -0.1) is 0 Å². The minimum Gasteiger partial charge on any atom is -0.488 e. The Morgan fingerprint density at radius 3 is 2.50 bits per heavy atom. The fourth-order valence-electron chi connectivity index (χ4n) is 4.65. The molecule has 1 atom stereocenters. The van der Waals surface area contributed by atoms with Gasteiger partial charge in [-0.2, -0.15) is 0 Å². The van der Waals surface area contributed by atoms with E-state index in [1.165, 1.54) is 12.1 Å². The Morgan fingerprint density at radius 2 is 1.71 bits per heavy atom. The molecule has 0 radical (unpaired) electrons. The number of halogens is 1. The molecule has 1 unspecified atom stereocenters. The molecule has 1 heterocycles. The number of ether oxygens (including phenoxy) is 2. The van der Waals surface area contributed by atoms with Crippen molar-refractivity contribution in [2.75, 3.05) is 19.8 Å². The first-order valence-corrected chi connectivity index (χ1v) is 14.1. The lowest BCUT2D eigenvalue weighted by Gasteiger charge is -2.22. The zero-order valence-corrected chi connectivity index (χ0v) is 23.2. The van der Waals surface area contributed by atoms with E-state index in [2.05, 4.69) is 10.8 Å². The third kappa shape index (κ3) is 8.02. The summed E-state index contributed by atoms with van der Waals surface area (Å²) in [5, 5.41) is 4.93. The van der Waals surface area contributed by atoms with Crippen LogP contribution in [0.25, 0.3) is 16.8 Å². The van der Waals surface area contributed by atoms with E-state index in [9.17, 15) is 14.0 Å². The summed E-state index contributed by atoms with van der Waals surface area (Å²) < 4.78 is 24.8. The van der Waals surface area contributed by atoms with Crippen molar-refractivity contribution in [1.29, 1.82) is 0 Å². The van der Waals surface area contributed by atoms with Crippen molar-refractivity contribution in [3.8, 4) is 5.75 Å². The Bertz CT molecular complexity index is 1520. The van der Waals surface area contributed by atoms with E-state index in [-0.39, 0.29) is 24.2 Å². The largest absolute Gasteiger partial charge is 0.488 e. The van der Waals surface area contributed by atoms with Gasteiger partial charge in [0.25, 0.3) is 11.8 Å². The van der Waals surface area contributed by atoms with Gasteiger partial charge in [-0.1, -0.05) is 60.7 Å². The van der Waals surface area contributed by atoms with Gasteiger partial charge >= 0.3 is 0 Å². The van der Waals surface area contributed by atoms with Crippen LogP contribution < -0.4 is 15.5 Å². The predicted molar refractivity (Wildman–Crippen MR) is 159 cm³/mol. The van der Waals surface area contributed by atoms with Crippen LogP contribution in [0.4, 0.5) is 4.39 Å². The molecule has 0 bridgehead atoms. The number of nitrogens with one attached hydrogen (secondary N) is 2. The fourth-order valence-corrected chi connectivity index (χ4v) is 4.65. The summed E-state index contributed by atoms with van der Waals surface area (Å²) in [5.41, 5.74) is 4.93. The highest BCUT2D eigenvalue weighted by Crippen LogP contribution is 2.26. The monoisotopic (exact) mass is 568 g/mol. The van der Waals surface area contributed by atoms with Gasteiger partial charge in [0.15, 0.2) is 6.29 Å². The summed E-state index contributed by atoms with van der Waals surface area (Å²) in [6.45, 7) is 1.03. The lowest BCUT2D eigenvalue weighted by molar-refractivity contribution is -0.186. The van der Waals surface area contributed by atoms with Crippen molar-refractivity contribution in [2.45, 2.75) is 32.0 Å². The number of carbonyl (C=O) groups is 2. The Balaban J connectivity index is 1.27. The minimum absolute atomic E-state index is 0.0356. The fraction of sp³-hybridized carbons (Fsp3) is 0.235. The minimum atomic E-state index is -0.434. The third-order valence-electron chi connectivity index (χ3n) is 6.97. The molecule has 42 heavy (non-hydrogen) atoms. The van der Waals surface area contributed by atoms with Crippen LogP contribution in [-0.2, 0) is 20.8 Å². The van der Waals surface area contributed by atoms with Gasteiger partial charge in [0.2, 0.25) is 0 Å². The number of hydroxylamine groups is 1. The number of rotatable bonds is 11. The highest BCUT2D eigenvalue weighted by molar-refractivity contribution is 5.99. The van der Waals surface area contributed by atoms with E-state index in [4.69, 9.17) is 14.3 Å². The standard InChI is InChI=1S/C34H33FN2O5/c35-29-17-13-24(14-18-29)19-20-36-33(38)28(23-41-31-9-5-7-26-6-1-2-8-30(26)31)22-25-11-15-27(16-12-25)34(39)37-42-32-10-3-4-21-40-32/h1-2,5-9,11-18,22,32H,3-4,10,19-21,23H2,(H,36,38)(H,37,39)/b28-22+. The van der Waals surface area contributed by atoms with E-state index in [0.29, 0.717) is 36.5 Å². The van der Waals surface area contributed by atoms with E-state index < -0.39 is 6.29 Å². The highest BCUT2D eigenvalue weighted by Gasteiger charge is 2.17. The number of benzene rings is 4. The van der Waals surface area contributed by atoms with Gasteiger partial charge in [-0.25, -0.2) is 14.7 Å². The topological polar surface area (TPSA) is 85.9 Å². The first-order chi connectivity index (χ1) is 20.5. The maximum atomic E-state index is 13.3. The van der Waals surface area contributed by atoms with Crippen LogP contribution >= 0.6 is 0 Å². The molecular weight excluding hydrogens is 535 g/mol. The van der Waals surface area contributed by atoms with E-state index in [0.717, 1.165) is 41.2 Å². The second-order valence-corrected chi connectivity index (χ2v) is 10.0. The summed E-state index contributed by atoms with van der Waals surface area (Å²) in [6, 6.07) is 26.8. The van der Waals surface area contributed by atoms with Gasteiger partial charge in [-0.3, -0.25) is 9.59 Å². The Hall–Kier alpha value is -4.53. The molecule has 0 aromatic heterocycles. The van der Waals surface area contributed by atoms with Crippen molar-refractivity contribution in [1.82, 2.24) is 10.8 Å². The first-order valence-electron chi connectivity index (χ1n) is 14.1. The SMILES string of the molecule is O=C(NCCc1ccc(F)cc1)/C(=C/c1ccc(C(=O)NOC2CCCCO2)cc1)COc1cccc2ccccc12. The van der Waals surface area contributed by atoms with Crippen LogP contribution in [0, 0.1) is 5.82 Å². The summed E-state index contributed by atoms with van der Waals surface area (Å²) in [7, 11) is 0. The smallest absolute Gasteiger partial charge is 0.274 e. The molecule has 0 aliphatic carbocycles. The molecule has 8 heteroatoms. The second-order valence-electron chi connectivity index (χ2n) is 10.0. The first kappa shape index (κ1) is 29.0. The quantitative estimate of drug-likeness (QED) is 0.172. The van der Waals surface area contributed by atoms with Crippen molar-refractivity contribution < 1.29 is 28.3 Å². The van der Waals surface area contributed by atoms with E-state index >= 15 is 0 Å². The van der Waals surface area contributed by atoms with Crippen LogP contribution in [0.1, 0.15) is 40.7 Å². The predicted octanol–water partition coefficient (Wildman–Crippen LogP) is 5.99. The van der Waals surface area contributed by atoms with Gasteiger partial charge in [0.05, 0.1) is 5.57 Å². The van der Waals surface area contributed by atoms with Crippen molar-refractivity contribution >= 4 is 28.7 Å². The lowest BCUT2D eigenvalue weighted by Crippen LogP contribution is -2.33. The average molecular weight is 569 g/mol. The maximum absolute atomic E-state index is 13.3. The number of carbonyl (C=O) groups excluding carboxylic acids is 2. The Morgan fingerprint density at radius 1 is 0.929 bits per heavy atom. The molecule has 216 valence electrons. The molecule has 1 aliphatic heterocycles. The number of hydrogen-bond acceptors (Lipinski definition) is 5. The molecule has 4 aromatic carbocycles. The van der Waals surface area contributed by atoms with Crippen molar-refractivity contribution in [2.24, 2.45) is 0 Å². The number of fused-ring (bicyclic) bond motifs is 1. The Labute approximate surface area is 244 Å². The molecule has 5 rings (SSSR count). The van der Waals surface area contributed by atoms with Gasteiger partial charge in [0, 0.05) is 30.5 Å². The molecular formula is C34H33FN2O5. The summed E-state index contributed by atoms with van der Waals surface area (Å²) in [6.07, 6.45) is 4.58. The molecule has 1 saturated heterocycles. The zero-order valence-electron chi connectivity index (χ0n) is 23.2. The number of hydrogen-bond donors (Lipinski definition) is 2. The lowest BCUT2D eigenvalue weighted by atomic mass is 10.1. The molecule has 1 fully saturated rings. The third-order valence-corrected chi connectivity index (χ3v) is 6.97. The molecule has 7 nitrogen and oxygen atoms in total. The van der Waals surface area contributed by atoms with Crippen LogP contribution in [-0.4, -0.2) is 37.9 Å². The van der Waals surface area contributed by atoms with Gasteiger partial charge < -0.3 is 14.8 Å². The van der Waals surface area contributed by atoms with Crippen molar-refractivity contribution in [3.05, 3.63) is 119 Å². The van der Waals surface area contributed by atoms with E-state index in [1.807, 2.05) is 42.5 Å². The molecule has 0 spiro atoms. The van der Waals surface area contributed by atoms with E-state index in [1.54, 1.807) is 42.5 Å². The van der Waals surface area contributed by atoms with Gasteiger partial charge in [0.1, 0.15) is 18.2 Å². The number of amides is 2. The van der Waals surface area contributed by atoms with Crippen LogP contribution in [0.5, 0.6) is 5.75 Å². The van der Waals surface area contributed by atoms with Gasteiger partial charge in [-0.05, 0) is 72.2 Å². The molecule has 1 aliphatic rings. The molecule has 2 N–H and O–H groups in total. The van der Waals surface area contributed by atoms with Crippen molar-refractivity contribution in [3.63, 3.8) is 0 Å². The zero-order chi connectivity index (χ0) is 29.1. The summed E-state index contributed by atoms with van der Waals surface area (Å²) in [5.74, 6) is -0.280. The molecule has 4 aromatic rings. The second kappa shape index (κ2) is 14.4. The molecule has 2 amide bonds.